The first kappa shape index (κ1) is 20.9. The molecule has 0 bridgehead atoms. The van der Waals surface area contributed by atoms with E-state index in [1.54, 1.807) is 13.3 Å². The third-order valence-electron chi connectivity index (χ3n) is 7.05. The van der Waals surface area contributed by atoms with Crippen LogP contribution in [0, 0.1) is 0 Å². The first-order valence-electron chi connectivity index (χ1n) is 11.8. The molecular formula is C26H28N6O2. The Balaban J connectivity index is 1.30. The number of rotatable bonds is 4. The molecule has 1 aromatic heterocycles. The molecular weight excluding hydrogens is 428 g/mol. The van der Waals surface area contributed by atoms with Crippen LogP contribution in [0.15, 0.2) is 42.6 Å². The van der Waals surface area contributed by atoms with Gasteiger partial charge in [-0.1, -0.05) is 18.2 Å². The zero-order chi connectivity index (χ0) is 23.2. The summed E-state index contributed by atoms with van der Waals surface area (Å²) in [5.41, 5.74) is 5.71. The van der Waals surface area contributed by atoms with Crippen LogP contribution in [0.3, 0.4) is 0 Å². The first-order valence-corrected chi connectivity index (χ1v) is 11.8. The fourth-order valence-corrected chi connectivity index (χ4v) is 5.14. The van der Waals surface area contributed by atoms with Gasteiger partial charge in [0.1, 0.15) is 17.3 Å². The summed E-state index contributed by atoms with van der Waals surface area (Å²) in [6, 6.07) is 12.3. The van der Waals surface area contributed by atoms with E-state index in [4.69, 9.17) is 9.72 Å². The number of para-hydroxylation sites is 1. The number of fused-ring (bicyclic) bond motifs is 2. The second-order valence-corrected chi connectivity index (χ2v) is 9.16. The summed E-state index contributed by atoms with van der Waals surface area (Å²) in [6.45, 7) is 4.94. The molecule has 0 spiro atoms. The van der Waals surface area contributed by atoms with Crippen molar-refractivity contribution < 1.29 is 9.53 Å². The van der Waals surface area contributed by atoms with Crippen molar-refractivity contribution in [1.82, 2.24) is 14.9 Å². The van der Waals surface area contributed by atoms with Crippen LogP contribution in [-0.2, 0) is 12.8 Å². The summed E-state index contributed by atoms with van der Waals surface area (Å²) >= 11 is 0. The fraction of sp³-hybridized carbons (Fsp3) is 0.346. The predicted octanol–water partition coefficient (Wildman–Crippen LogP) is 3.09. The number of ether oxygens (including phenoxy) is 1. The maximum atomic E-state index is 12.8. The molecule has 0 aliphatic carbocycles. The van der Waals surface area contributed by atoms with Crippen LogP contribution < -0.4 is 19.9 Å². The summed E-state index contributed by atoms with van der Waals surface area (Å²) in [4.78, 5) is 29.2. The molecule has 0 radical (unpaired) electrons. The van der Waals surface area contributed by atoms with Crippen molar-refractivity contribution in [2.24, 2.45) is 0 Å². The highest BCUT2D eigenvalue weighted by Gasteiger charge is 2.32. The Kier molecular flexibility index (Phi) is 5.10. The fourth-order valence-electron chi connectivity index (χ4n) is 5.14. The van der Waals surface area contributed by atoms with E-state index in [1.807, 2.05) is 12.1 Å². The van der Waals surface area contributed by atoms with Crippen molar-refractivity contribution in [3.63, 3.8) is 0 Å². The molecule has 1 fully saturated rings. The smallest absolute Gasteiger partial charge is 0.257 e. The minimum Gasteiger partial charge on any atom is -0.496 e. The number of anilines is 4. The predicted molar refractivity (Wildman–Crippen MR) is 133 cm³/mol. The number of nitrogens with zero attached hydrogens (tertiary/aromatic N) is 5. The SMILES string of the molecule is COc1cc(N2CCN(C)CC2)ccc1Cc1ncc2c(n1)N1CCc3cccc(c31)C(=O)N2. The van der Waals surface area contributed by atoms with Crippen LogP contribution in [0.2, 0.25) is 0 Å². The molecule has 3 aliphatic heterocycles. The third-order valence-corrected chi connectivity index (χ3v) is 7.05. The summed E-state index contributed by atoms with van der Waals surface area (Å²) in [5, 5.41) is 2.99. The Morgan fingerprint density at radius 1 is 1.09 bits per heavy atom. The average Bonchev–Trinajstić information content (AvgIpc) is 3.25. The molecule has 3 aliphatic rings. The number of amides is 1. The van der Waals surface area contributed by atoms with Gasteiger partial charge in [-0.2, -0.15) is 0 Å². The normalized spacial score (nSPS) is 17.2. The number of hydrogen-bond acceptors (Lipinski definition) is 7. The molecule has 34 heavy (non-hydrogen) atoms. The summed E-state index contributed by atoms with van der Waals surface area (Å²) in [7, 11) is 3.87. The average molecular weight is 457 g/mol. The molecule has 0 saturated carbocycles. The van der Waals surface area contributed by atoms with Crippen LogP contribution in [0.1, 0.15) is 27.3 Å². The molecule has 1 amide bonds. The van der Waals surface area contributed by atoms with Gasteiger partial charge in [-0.05, 0) is 31.2 Å². The number of methoxy groups -OCH3 is 1. The Labute approximate surface area is 199 Å². The molecule has 0 atom stereocenters. The lowest BCUT2D eigenvalue weighted by Gasteiger charge is -2.34. The maximum absolute atomic E-state index is 12.8. The number of aromatic nitrogens is 2. The van der Waals surface area contributed by atoms with Gasteiger partial charge in [-0.3, -0.25) is 4.79 Å². The molecule has 3 aromatic rings. The third kappa shape index (κ3) is 3.54. The van der Waals surface area contributed by atoms with E-state index in [1.165, 1.54) is 11.3 Å². The molecule has 6 rings (SSSR count). The van der Waals surface area contributed by atoms with Gasteiger partial charge < -0.3 is 24.8 Å². The van der Waals surface area contributed by atoms with Gasteiger partial charge in [-0.15, -0.1) is 0 Å². The van der Waals surface area contributed by atoms with Gasteiger partial charge in [-0.25, -0.2) is 9.97 Å². The second-order valence-electron chi connectivity index (χ2n) is 9.16. The topological polar surface area (TPSA) is 73.8 Å². The van der Waals surface area contributed by atoms with Crippen LogP contribution in [0.25, 0.3) is 0 Å². The summed E-state index contributed by atoms with van der Waals surface area (Å²) < 4.78 is 5.75. The monoisotopic (exact) mass is 456 g/mol. The number of likely N-dealkylation sites (N-methyl/N-ethyl adjacent to an activating group) is 1. The van der Waals surface area contributed by atoms with Gasteiger partial charge in [0.05, 0.1) is 24.6 Å². The molecule has 1 N–H and O–H groups in total. The molecule has 1 saturated heterocycles. The quantitative estimate of drug-likeness (QED) is 0.647. The van der Waals surface area contributed by atoms with Crippen LogP contribution in [-0.4, -0.2) is 67.7 Å². The molecule has 8 nitrogen and oxygen atoms in total. The highest BCUT2D eigenvalue weighted by atomic mass is 16.5. The van der Waals surface area contributed by atoms with Gasteiger partial charge in [0, 0.05) is 56.5 Å². The van der Waals surface area contributed by atoms with Gasteiger partial charge in [0.15, 0.2) is 5.82 Å². The van der Waals surface area contributed by atoms with Crippen molar-refractivity contribution in [3.8, 4) is 5.75 Å². The largest absolute Gasteiger partial charge is 0.496 e. The maximum Gasteiger partial charge on any atom is 0.257 e. The van der Waals surface area contributed by atoms with Gasteiger partial charge in [0.2, 0.25) is 0 Å². The van der Waals surface area contributed by atoms with E-state index in [0.29, 0.717) is 23.5 Å². The lowest BCUT2D eigenvalue weighted by Crippen LogP contribution is -2.44. The first-order chi connectivity index (χ1) is 16.6. The van der Waals surface area contributed by atoms with Crippen molar-refractivity contribution in [2.75, 3.05) is 62.0 Å². The van der Waals surface area contributed by atoms with E-state index in [0.717, 1.165) is 62.0 Å². The lowest BCUT2D eigenvalue weighted by atomic mass is 10.1. The standard InChI is InChI=1S/C26H28N6O2/c1-30-10-12-31(13-11-30)19-7-6-18(22(15-19)34-2)14-23-27-16-21-25(29-23)32-9-8-17-4-3-5-20(24(17)32)26(33)28-21/h3-7,15-16H,8-14H2,1-2H3,(H,28,33). The number of carbonyl (C=O) groups excluding carboxylic acids is 1. The zero-order valence-electron chi connectivity index (χ0n) is 19.5. The molecule has 174 valence electrons. The highest BCUT2D eigenvalue weighted by molar-refractivity contribution is 6.12. The Hall–Kier alpha value is -3.65. The van der Waals surface area contributed by atoms with E-state index >= 15 is 0 Å². The second kappa shape index (κ2) is 8.29. The van der Waals surface area contributed by atoms with Crippen molar-refractivity contribution in [3.05, 3.63) is 65.1 Å². The Morgan fingerprint density at radius 2 is 1.94 bits per heavy atom. The minimum atomic E-state index is -0.111. The number of piperazine rings is 1. The number of nitrogens with one attached hydrogen (secondary N) is 1. The van der Waals surface area contributed by atoms with Crippen LogP contribution in [0.5, 0.6) is 5.75 Å². The van der Waals surface area contributed by atoms with E-state index in [-0.39, 0.29) is 5.91 Å². The molecule has 0 unspecified atom stereocenters. The summed E-state index contributed by atoms with van der Waals surface area (Å²) in [6.07, 6.45) is 3.18. The molecule has 8 heteroatoms. The number of hydrogen-bond donors (Lipinski definition) is 1. The summed E-state index contributed by atoms with van der Waals surface area (Å²) in [5.74, 6) is 2.19. The molecule has 2 aromatic carbocycles. The number of benzene rings is 2. The lowest BCUT2D eigenvalue weighted by molar-refractivity contribution is 0.102. The van der Waals surface area contributed by atoms with Crippen molar-refractivity contribution in [2.45, 2.75) is 12.8 Å². The Bertz CT molecular complexity index is 1270. The van der Waals surface area contributed by atoms with Crippen LogP contribution in [0.4, 0.5) is 22.9 Å². The number of carbonyl (C=O) groups is 1. The van der Waals surface area contributed by atoms with Crippen LogP contribution >= 0.6 is 0 Å². The van der Waals surface area contributed by atoms with Crippen molar-refractivity contribution >= 4 is 28.8 Å². The zero-order valence-corrected chi connectivity index (χ0v) is 19.5. The Morgan fingerprint density at radius 3 is 2.76 bits per heavy atom. The minimum absolute atomic E-state index is 0.111. The van der Waals surface area contributed by atoms with Gasteiger partial charge in [0.25, 0.3) is 5.91 Å². The highest BCUT2D eigenvalue weighted by Crippen LogP contribution is 2.42. The van der Waals surface area contributed by atoms with E-state index < -0.39 is 0 Å². The molecule has 4 heterocycles. The van der Waals surface area contributed by atoms with E-state index in [2.05, 4.69) is 56.3 Å². The van der Waals surface area contributed by atoms with E-state index in [9.17, 15) is 4.79 Å². The van der Waals surface area contributed by atoms with Gasteiger partial charge >= 0.3 is 0 Å². The van der Waals surface area contributed by atoms with Crippen molar-refractivity contribution in [1.29, 1.82) is 0 Å².